The van der Waals surface area contributed by atoms with Gasteiger partial charge in [0.1, 0.15) is 6.20 Å². The minimum absolute atomic E-state index is 0.778. The maximum absolute atomic E-state index is 5.28. The maximum atomic E-state index is 5.28. The molecule has 1 aromatic heterocycles. The zero-order chi connectivity index (χ0) is 7.23. The Hall–Kier alpha value is -0.640. The molecule has 0 radical (unpaired) electrons. The van der Waals surface area contributed by atoms with E-state index in [1.807, 2.05) is 0 Å². The lowest BCUT2D eigenvalue weighted by molar-refractivity contribution is 0.317. The average molecular weight is 158 g/mol. The number of unbranched alkanes of at least 4 members (excludes halogenated alkanes) is 1. The van der Waals surface area contributed by atoms with E-state index in [9.17, 15) is 0 Å². The molecule has 4 heteroatoms. The molecule has 1 heterocycles. The minimum atomic E-state index is 0.778. The summed E-state index contributed by atoms with van der Waals surface area (Å²) < 4.78 is 8.95. The van der Waals surface area contributed by atoms with Crippen LogP contribution < -0.4 is 4.74 Å². The molecule has 56 valence electrons. The molecule has 0 bridgehead atoms. The SMILES string of the molecule is CCCCOc1cnns1. The maximum Gasteiger partial charge on any atom is 0.214 e. The van der Waals surface area contributed by atoms with Gasteiger partial charge < -0.3 is 4.74 Å². The summed E-state index contributed by atoms with van der Waals surface area (Å²) in [6.45, 7) is 2.91. The third kappa shape index (κ3) is 2.31. The van der Waals surface area contributed by atoms with Gasteiger partial charge >= 0.3 is 0 Å². The van der Waals surface area contributed by atoms with Crippen molar-refractivity contribution in [2.75, 3.05) is 6.61 Å². The molecule has 0 saturated heterocycles. The van der Waals surface area contributed by atoms with Crippen molar-refractivity contribution in [2.24, 2.45) is 0 Å². The Morgan fingerprint density at radius 1 is 1.70 bits per heavy atom. The van der Waals surface area contributed by atoms with Gasteiger partial charge in [0.05, 0.1) is 6.61 Å². The van der Waals surface area contributed by atoms with E-state index in [0.717, 1.165) is 24.5 Å². The number of hydrogen-bond acceptors (Lipinski definition) is 4. The lowest BCUT2D eigenvalue weighted by Gasteiger charge is -1.97. The van der Waals surface area contributed by atoms with Crippen molar-refractivity contribution in [1.29, 1.82) is 0 Å². The summed E-state index contributed by atoms with van der Waals surface area (Å²) in [6.07, 6.45) is 3.89. The van der Waals surface area contributed by atoms with Crippen molar-refractivity contribution in [3.63, 3.8) is 0 Å². The molecule has 0 unspecified atom stereocenters. The van der Waals surface area contributed by atoms with Crippen molar-refractivity contribution in [3.05, 3.63) is 6.20 Å². The molecule has 0 aromatic carbocycles. The Labute approximate surface area is 64.2 Å². The van der Waals surface area contributed by atoms with Crippen molar-refractivity contribution in [2.45, 2.75) is 19.8 Å². The fourth-order valence-corrected chi connectivity index (χ4v) is 0.944. The highest BCUT2D eigenvalue weighted by Gasteiger charge is 1.93. The van der Waals surface area contributed by atoms with E-state index in [2.05, 4.69) is 16.5 Å². The summed E-state index contributed by atoms with van der Waals surface area (Å²) in [4.78, 5) is 0. The Morgan fingerprint density at radius 2 is 2.60 bits per heavy atom. The van der Waals surface area contributed by atoms with Gasteiger partial charge in [-0.25, -0.2) is 0 Å². The number of aromatic nitrogens is 2. The monoisotopic (exact) mass is 158 g/mol. The van der Waals surface area contributed by atoms with E-state index >= 15 is 0 Å². The molecule has 0 aliphatic heterocycles. The number of nitrogens with zero attached hydrogens (tertiary/aromatic N) is 2. The highest BCUT2D eigenvalue weighted by atomic mass is 32.1. The van der Waals surface area contributed by atoms with Gasteiger partial charge in [-0.1, -0.05) is 17.8 Å². The molecule has 0 fully saturated rings. The summed E-state index contributed by atoms with van der Waals surface area (Å²) in [5.74, 6) is 0. The molecule has 0 atom stereocenters. The highest BCUT2D eigenvalue weighted by Crippen LogP contribution is 2.12. The molecule has 1 aromatic rings. The van der Waals surface area contributed by atoms with Crippen molar-refractivity contribution in [3.8, 4) is 5.06 Å². The second-order valence-corrected chi connectivity index (χ2v) is 2.69. The minimum Gasteiger partial charge on any atom is -0.482 e. The first-order chi connectivity index (χ1) is 4.93. The van der Waals surface area contributed by atoms with Gasteiger partial charge in [0, 0.05) is 11.5 Å². The molecular weight excluding hydrogens is 148 g/mol. The van der Waals surface area contributed by atoms with Crippen LogP contribution in [0.1, 0.15) is 19.8 Å². The molecular formula is C6H10N2OS. The van der Waals surface area contributed by atoms with Crippen LogP contribution in [0.2, 0.25) is 0 Å². The smallest absolute Gasteiger partial charge is 0.214 e. The van der Waals surface area contributed by atoms with Crippen LogP contribution in [0.5, 0.6) is 5.06 Å². The predicted octanol–water partition coefficient (Wildman–Crippen LogP) is 1.72. The van der Waals surface area contributed by atoms with Gasteiger partial charge in [-0.2, -0.15) is 0 Å². The summed E-state index contributed by atoms with van der Waals surface area (Å²) in [5.41, 5.74) is 0. The zero-order valence-corrected chi connectivity index (χ0v) is 6.73. The first kappa shape index (κ1) is 7.47. The Balaban J connectivity index is 2.15. The molecule has 10 heavy (non-hydrogen) atoms. The van der Waals surface area contributed by atoms with Crippen LogP contribution in [-0.4, -0.2) is 16.2 Å². The Kier molecular flexibility index (Phi) is 3.15. The Bertz CT molecular complexity index is 164. The van der Waals surface area contributed by atoms with Gasteiger partial charge in [0.25, 0.3) is 0 Å². The second kappa shape index (κ2) is 4.22. The van der Waals surface area contributed by atoms with Crippen LogP contribution in [0.3, 0.4) is 0 Å². The first-order valence-corrected chi connectivity index (χ1v) is 4.11. The molecule has 0 spiro atoms. The van der Waals surface area contributed by atoms with Crippen molar-refractivity contribution >= 4 is 11.5 Å². The van der Waals surface area contributed by atoms with Crippen LogP contribution in [0.25, 0.3) is 0 Å². The fraction of sp³-hybridized carbons (Fsp3) is 0.667. The normalized spacial score (nSPS) is 9.70. The van der Waals surface area contributed by atoms with Crippen molar-refractivity contribution in [1.82, 2.24) is 9.59 Å². The number of rotatable bonds is 4. The average Bonchev–Trinajstić information content (AvgIpc) is 2.41. The van der Waals surface area contributed by atoms with E-state index < -0.39 is 0 Å². The lowest BCUT2D eigenvalue weighted by Crippen LogP contribution is -1.93. The van der Waals surface area contributed by atoms with Gasteiger partial charge in [-0.15, -0.1) is 5.10 Å². The highest BCUT2D eigenvalue weighted by molar-refractivity contribution is 7.07. The third-order valence-corrected chi connectivity index (χ3v) is 1.66. The van der Waals surface area contributed by atoms with Crippen LogP contribution >= 0.6 is 11.5 Å². The van der Waals surface area contributed by atoms with Crippen LogP contribution in [0.15, 0.2) is 6.20 Å². The third-order valence-electron chi connectivity index (χ3n) is 1.08. The Morgan fingerprint density at radius 3 is 3.20 bits per heavy atom. The molecule has 0 amide bonds. The van der Waals surface area contributed by atoms with Crippen LogP contribution in [0, 0.1) is 0 Å². The molecule has 0 aliphatic carbocycles. The van der Waals surface area contributed by atoms with E-state index in [-0.39, 0.29) is 0 Å². The largest absolute Gasteiger partial charge is 0.482 e. The second-order valence-electron chi connectivity index (χ2n) is 1.94. The van der Waals surface area contributed by atoms with Gasteiger partial charge in [-0.05, 0) is 6.42 Å². The summed E-state index contributed by atoms with van der Waals surface area (Å²) >= 11 is 1.29. The van der Waals surface area contributed by atoms with Gasteiger partial charge in [0.15, 0.2) is 0 Å². The standard InChI is InChI=1S/C6H10N2OS/c1-2-3-4-9-6-5-7-8-10-6/h5H,2-4H2,1H3. The van der Waals surface area contributed by atoms with Crippen molar-refractivity contribution < 1.29 is 4.74 Å². The van der Waals surface area contributed by atoms with E-state index in [0.29, 0.717) is 0 Å². The van der Waals surface area contributed by atoms with Crippen LogP contribution in [0.4, 0.5) is 0 Å². The quantitative estimate of drug-likeness (QED) is 0.626. The molecule has 0 saturated carbocycles. The first-order valence-electron chi connectivity index (χ1n) is 3.33. The molecule has 1 rings (SSSR count). The number of ether oxygens (including phenoxy) is 1. The number of hydrogen-bond donors (Lipinski definition) is 0. The molecule has 0 N–H and O–H groups in total. The molecule has 3 nitrogen and oxygen atoms in total. The van der Waals surface area contributed by atoms with E-state index in [1.54, 1.807) is 6.20 Å². The van der Waals surface area contributed by atoms with Gasteiger partial charge in [0.2, 0.25) is 5.06 Å². The van der Waals surface area contributed by atoms with E-state index in [1.165, 1.54) is 11.5 Å². The topological polar surface area (TPSA) is 35.0 Å². The van der Waals surface area contributed by atoms with Crippen LogP contribution in [-0.2, 0) is 0 Å². The summed E-state index contributed by atoms with van der Waals surface area (Å²) in [5, 5.41) is 4.46. The fourth-order valence-electron chi connectivity index (χ4n) is 0.539. The predicted molar refractivity (Wildman–Crippen MR) is 40.3 cm³/mol. The van der Waals surface area contributed by atoms with E-state index in [4.69, 9.17) is 4.74 Å². The summed E-state index contributed by atoms with van der Waals surface area (Å²) in [6, 6.07) is 0. The summed E-state index contributed by atoms with van der Waals surface area (Å²) in [7, 11) is 0. The van der Waals surface area contributed by atoms with Gasteiger partial charge in [-0.3, -0.25) is 0 Å². The lowest BCUT2D eigenvalue weighted by atomic mass is 10.4. The molecule has 0 aliphatic rings. The zero-order valence-electron chi connectivity index (χ0n) is 5.91.